The fourth-order valence-corrected chi connectivity index (χ4v) is 1.16. The zero-order valence-electron chi connectivity index (χ0n) is 7.19. The fourth-order valence-electron chi connectivity index (χ4n) is 1.16. The summed E-state index contributed by atoms with van der Waals surface area (Å²) >= 11 is 0. The molecule has 0 amide bonds. The largest absolute Gasteiger partial charge is 0.452 e. The zero-order chi connectivity index (χ0) is 9.26. The van der Waals surface area contributed by atoms with E-state index in [0.717, 1.165) is 5.39 Å². The quantitative estimate of drug-likeness (QED) is 0.404. The number of benzene rings is 1. The second-order valence-corrected chi connectivity index (χ2v) is 2.63. The van der Waals surface area contributed by atoms with Gasteiger partial charge in [0, 0.05) is 5.39 Å². The molecule has 2 rings (SSSR count). The van der Waals surface area contributed by atoms with Gasteiger partial charge < -0.3 is 9.89 Å². The lowest BCUT2D eigenvalue weighted by atomic mass is 10.2. The Morgan fingerprint density at radius 1 is 1.29 bits per heavy atom. The Bertz CT molecular complexity index is 437. The molecule has 4 heteroatoms. The highest BCUT2D eigenvalue weighted by atomic mass is 16.3. The third-order valence-electron chi connectivity index (χ3n) is 1.78. The van der Waals surface area contributed by atoms with Crippen LogP contribution in [0.25, 0.3) is 11.0 Å². The van der Waals surface area contributed by atoms with E-state index in [1.807, 2.05) is 12.1 Å². The lowest BCUT2D eigenvalue weighted by molar-refractivity contribution is -0.104. The molecule has 0 fully saturated rings. The van der Waals surface area contributed by atoms with Crippen LogP contribution in [0.2, 0.25) is 0 Å². The molecule has 72 valence electrons. The van der Waals surface area contributed by atoms with Crippen LogP contribution in [0.3, 0.4) is 0 Å². The molecule has 0 aliphatic carbocycles. The van der Waals surface area contributed by atoms with Crippen LogP contribution in [0.4, 0.5) is 0 Å². The predicted molar refractivity (Wildman–Crippen MR) is 50.2 cm³/mol. The molecule has 0 radical (unpaired) electrons. The van der Waals surface area contributed by atoms with E-state index in [1.165, 1.54) is 0 Å². The number of para-hydroxylation sites is 1. The molecule has 1 heterocycles. The minimum Gasteiger partial charge on any atom is -0.452 e. The molecule has 0 atom stereocenters. The summed E-state index contributed by atoms with van der Waals surface area (Å²) < 4.78 is 5.14. The molecule has 1 aromatic heterocycles. The molecule has 0 spiro atoms. The van der Waals surface area contributed by atoms with Crippen molar-refractivity contribution < 1.29 is 19.5 Å². The molecule has 2 N–H and O–H groups in total. The van der Waals surface area contributed by atoms with Gasteiger partial charge in [-0.15, -0.1) is 0 Å². The van der Waals surface area contributed by atoms with Crippen molar-refractivity contribution in [3.63, 3.8) is 0 Å². The third kappa shape index (κ3) is 1.55. The smallest absolute Gasteiger partial charge is 0.260 e. The molecule has 0 aliphatic heterocycles. The number of furan rings is 1. The normalized spacial score (nSPS) is 9.43. The summed E-state index contributed by atoms with van der Waals surface area (Å²) in [5, 5.41) is 0.827. The van der Waals surface area contributed by atoms with E-state index in [1.54, 1.807) is 18.2 Å². The monoisotopic (exact) mass is 192 g/mol. The van der Waals surface area contributed by atoms with Crippen molar-refractivity contribution in [2.24, 2.45) is 0 Å². The minimum absolute atomic E-state index is 0. The van der Waals surface area contributed by atoms with Crippen molar-refractivity contribution in [1.82, 2.24) is 0 Å². The van der Waals surface area contributed by atoms with Gasteiger partial charge in [-0.2, -0.15) is 0 Å². The first-order chi connectivity index (χ1) is 6.31. The Morgan fingerprint density at radius 3 is 2.64 bits per heavy atom. The van der Waals surface area contributed by atoms with Crippen LogP contribution in [0.5, 0.6) is 0 Å². The molecule has 1 aromatic carbocycles. The highest BCUT2D eigenvalue weighted by molar-refractivity contribution is 6.32. The molecule has 2 aromatic rings. The van der Waals surface area contributed by atoms with Crippen LogP contribution < -0.4 is 0 Å². The van der Waals surface area contributed by atoms with Gasteiger partial charge in [0.1, 0.15) is 5.58 Å². The SMILES string of the molecule is O.O=CC(=O)c1cc2ccccc2o1. The van der Waals surface area contributed by atoms with Gasteiger partial charge in [0.05, 0.1) is 0 Å². The minimum atomic E-state index is -0.629. The van der Waals surface area contributed by atoms with Crippen molar-refractivity contribution in [1.29, 1.82) is 0 Å². The van der Waals surface area contributed by atoms with Gasteiger partial charge in [-0.1, -0.05) is 18.2 Å². The Labute approximate surface area is 79.4 Å². The molecule has 14 heavy (non-hydrogen) atoms. The van der Waals surface area contributed by atoms with E-state index in [9.17, 15) is 9.59 Å². The number of ketones is 1. The number of aldehydes is 1. The number of rotatable bonds is 2. The lowest BCUT2D eigenvalue weighted by Gasteiger charge is -1.83. The molecular formula is C10H8O4. The summed E-state index contributed by atoms with van der Waals surface area (Å²) in [5.41, 5.74) is 0.618. The maximum atomic E-state index is 10.9. The molecule has 0 saturated carbocycles. The average Bonchev–Trinajstić information content (AvgIpc) is 2.59. The highest BCUT2D eigenvalue weighted by Gasteiger charge is 2.09. The molecule has 0 unspecified atom stereocenters. The van der Waals surface area contributed by atoms with Crippen LogP contribution in [0.1, 0.15) is 10.6 Å². The first-order valence-electron chi connectivity index (χ1n) is 3.79. The number of hydrogen-bond acceptors (Lipinski definition) is 3. The van der Waals surface area contributed by atoms with Crippen molar-refractivity contribution in [3.8, 4) is 0 Å². The summed E-state index contributed by atoms with van der Waals surface area (Å²) in [4.78, 5) is 21.1. The maximum absolute atomic E-state index is 10.9. The highest BCUT2D eigenvalue weighted by Crippen LogP contribution is 2.18. The fraction of sp³-hybridized carbons (Fsp3) is 0. The number of carbonyl (C=O) groups is 2. The summed E-state index contributed by atoms with van der Waals surface area (Å²) in [5.74, 6) is -0.535. The first kappa shape index (κ1) is 10.1. The van der Waals surface area contributed by atoms with Crippen LogP contribution in [-0.4, -0.2) is 17.5 Å². The van der Waals surface area contributed by atoms with E-state index in [0.29, 0.717) is 5.58 Å². The second kappa shape index (κ2) is 3.85. The van der Waals surface area contributed by atoms with E-state index in [2.05, 4.69) is 0 Å². The van der Waals surface area contributed by atoms with E-state index >= 15 is 0 Å². The summed E-state index contributed by atoms with van der Waals surface area (Å²) in [6.45, 7) is 0. The number of hydrogen-bond donors (Lipinski definition) is 0. The summed E-state index contributed by atoms with van der Waals surface area (Å²) in [6, 6.07) is 8.78. The molecule has 0 aliphatic rings. The summed E-state index contributed by atoms with van der Waals surface area (Å²) in [6.07, 6.45) is 0.248. The number of fused-ring (bicyclic) bond motifs is 1. The van der Waals surface area contributed by atoms with E-state index < -0.39 is 5.78 Å². The van der Waals surface area contributed by atoms with Gasteiger partial charge in [0.2, 0.25) is 0 Å². The second-order valence-electron chi connectivity index (χ2n) is 2.63. The molecular weight excluding hydrogens is 184 g/mol. The van der Waals surface area contributed by atoms with Crippen molar-refractivity contribution in [2.45, 2.75) is 0 Å². The zero-order valence-corrected chi connectivity index (χ0v) is 7.19. The van der Waals surface area contributed by atoms with Crippen molar-refractivity contribution in [2.75, 3.05) is 0 Å². The Hall–Kier alpha value is -1.94. The van der Waals surface area contributed by atoms with E-state index in [-0.39, 0.29) is 17.5 Å². The van der Waals surface area contributed by atoms with Gasteiger partial charge in [0.25, 0.3) is 5.78 Å². The average molecular weight is 192 g/mol. The van der Waals surface area contributed by atoms with Gasteiger partial charge in [-0.3, -0.25) is 9.59 Å². The number of Topliss-reactive ketones (excluding diaryl/α,β-unsaturated/α-hetero) is 1. The maximum Gasteiger partial charge on any atom is 0.260 e. The predicted octanol–water partition coefficient (Wildman–Crippen LogP) is 0.990. The van der Waals surface area contributed by atoms with Crippen LogP contribution in [-0.2, 0) is 4.79 Å². The van der Waals surface area contributed by atoms with Gasteiger partial charge in [-0.25, -0.2) is 0 Å². The van der Waals surface area contributed by atoms with Crippen LogP contribution in [0, 0.1) is 0 Å². The van der Waals surface area contributed by atoms with Crippen molar-refractivity contribution >= 4 is 23.0 Å². The lowest BCUT2D eigenvalue weighted by Crippen LogP contribution is -1.96. The van der Waals surface area contributed by atoms with Gasteiger partial charge in [-0.05, 0) is 12.1 Å². The van der Waals surface area contributed by atoms with Crippen LogP contribution >= 0.6 is 0 Å². The molecule has 4 nitrogen and oxygen atoms in total. The third-order valence-corrected chi connectivity index (χ3v) is 1.78. The Kier molecular flexibility index (Phi) is 2.79. The van der Waals surface area contributed by atoms with Crippen molar-refractivity contribution in [3.05, 3.63) is 36.1 Å². The topological polar surface area (TPSA) is 78.8 Å². The van der Waals surface area contributed by atoms with Crippen LogP contribution in [0.15, 0.2) is 34.7 Å². The number of carbonyl (C=O) groups excluding carboxylic acids is 2. The first-order valence-corrected chi connectivity index (χ1v) is 3.79. The molecule has 0 saturated heterocycles. The van der Waals surface area contributed by atoms with Gasteiger partial charge in [0.15, 0.2) is 12.0 Å². The van der Waals surface area contributed by atoms with Gasteiger partial charge >= 0.3 is 0 Å². The standard InChI is InChI=1S/C10H6O3.H2O/c11-6-8(12)10-5-7-3-1-2-4-9(7)13-10;/h1-6H;1H2. The molecule has 0 bridgehead atoms. The van der Waals surface area contributed by atoms with E-state index in [4.69, 9.17) is 4.42 Å². The Morgan fingerprint density at radius 2 is 2.00 bits per heavy atom. The summed E-state index contributed by atoms with van der Waals surface area (Å²) in [7, 11) is 0. The Balaban J connectivity index is 0.000000980.